The van der Waals surface area contributed by atoms with Crippen molar-refractivity contribution >= 4 is 25.6 Å². The molecule has 2 aliphatic carbocycles. The summed E-state index contributed by atoms with van der Waals surface area (Å²) in [6.45, 7) is 13.8. The molecule has 188 valence electrons. The number of carboxylic acids is 1. The van der Waals surface area contributed by atoms with Crippen LogP contribution in [0.2, 0.25) is 24.7 Å². The molecule has 0 aromatic heterocycles. The number of carboxylic acid groups (broad SMARTS) is 1. The molecule has 4 heteroatoms. The molecule has 0 unspecified atom stereocenters. The number of benzene rings is 2. The summed E-state index contributed by atoms with van der Waals surface area (Å²) < 4.78 is 0. The molecule has 0 N–H and O–H groups in total. The molecule has 0 heterocycles. The van der Waals surface area contributed by atoms with Gasteiger partial charge in [0.05, 0.1) is 8.07 Å². The lowest BCUT2D eigenvalue weighted by atomic mass is 9.56. The van der Waals surface area contributed by atoms with Crippen LogP contribution < -0.4 is 5.11 Å². The molecule has 4 rings (SSSR count). The summed E-state index contributed by atoms with van der Waals surface area (Å²) in [5.74, 6) is -0.197. The molecular weight excluding hydrogens is 468 g/mol. The summed E-state index contributed by atoms with van der Waals surface area (Å²) in [5, 5.41) is 14.0. The number of hydrogen-bond donors (Lipinski definition) is 0. The maximum Gasteiger partial charge on any atom is 0.0683 e. The summed E-state index contributed by atoms with van der Waals surface area (Å²) >= 11 is 6.21. The van der Waals surface area contributed by atoms with E-state index in [4.69, 9.17) is 11.6 Å². The van der Waals surface area contributed by atoms with E-state index in [9.17, 15) is 9.90 Å². The molecule has 0 spiro atoms. The van der Waals surface area contributed by atoms with Gasteiger partial charge in [0, 0.05) is 22.3 Å². The quantitative estimate of drug-likeness (QED) is 0.370. The fourth-order valence-corrected chi connectivity index (χ4v) is 7.91. The lowest BCUT2D eigenvalue weighted by Crippen LogP contribution is -2.49. The predicted octanol–water partition coefficient (Wildman–Crippen LogP) is 7.25. The highest BCUT2D eigenvalue weighted by Crippen LogP contribution is 2.73. The van der Waals surface area contributed by atoms with E-state index in [-0.39, 0.29) is 29.1 Å². The van der Waals surface area contributed by atoms with Gasteiger partial charge in [-0.25, -0.2) is 0 Å². The van der Waals surface area contributed by atoms with Gasteiger partial charge < -0.3 is 9.90 Å². The second-order valence-electron chi connectivity index (χ2n) is 12.7. The van der Waals surface area contributed by atoms with Crippen molar-refractivity contribution in [3.8, 4) is 0 Å². The monoisotopic (exact) mass is 507 g/mol. The zero-order chi connectivity index (χ0) is 25.6. The van der Waals surface area contributed by atoms with Gasteiger partial charge in [0.1, 0.15) is 0 Å². The Hall–Kier alpha value is -1.84. The van der Waals surface area contributed by atoms with Crippen molar-refractivity contribution in [2.45, 2.75) is 71.0 Å². The maximum atomic E-state index is 13.3. The molecular formula is C31H40ClO2Si-. The van der Waals surface area contributed by atoms with Crippen LogP contribution in [0.4, 0.5) is 0 Å². The van der Waals surface area contributed by atoms with Crippen molar-refractivity contribution in [2.24, 2.45) is 29.1 Å². The fraction of sp³-hybridized carbons (Fsp3) is 0.516. The Bertz CT molecular complexity index is 1070. The Morgan fingerprint density at radius 1 is 1.06 bits per heavy atom. The first-order valence-electron chi connectivity index (χ1n) is 13.1. The first-order valence-corrected chi connectivity index (χ1v) is 17.1. The lowest BCUT2D eigenvalue weighted by molar-refractivity contribution is -0.318. The third kappa shape index (κ3) is 4.91. The van der Waals surface area contributed by atoms with Gasteiger partial charge in [-0.3, -0.25) is 0 Å². The minimum absolute atomic E-state index is 0.0448. The molecule has 0 saturated heterocycles. The highest BCUT2D eigenvalue weighted by Gasteiger charge is 2.70. The SMILES string of the molecule is C[C@@H]1CC[C@H](C(C)(C)c2ccccc2)[C@H]([C@@]2(C(=O)[O-])[C@H](C=C[Si](C)(C)C)[C@@H]2c2ccc(Cl)cc2)C1. The number of aliphatic carboxylic acids is 1. The largest absolute Gasteiger partial charge is 0.549 e. The summed E-state index contributed by atoms with van der Waals surface area (Å²) in [7, 11) is -1.50. The zero-order valence-corrected chi connectivity index (χ0v) is 23.8. The summed E-state index contributed by atoms with van der Waals surface area (Å²) in [6, 6.07) is 18.5. The van der Waals surface area contributed by atoms with E-state index in [0.29, 0.717) is 10.9 Å². The number of carbonyl (C=O) groups excluding carboxylic acids is 1. The van der Waals surface area contributed by atoms with Gasteiger partial charge in [0.15, 0.2) is 0 Å². The predicted molar refractivity (Wildman–Crippen MR) is 147 cm³/mol. The molecule has 2 nitrogen and oxygen atoms in total. The minimum atomic E-state index is -1.50. The molecule has 0 bridgehead atoms. The molecule has 35 heavy (non-hydrogen) atoms. The third-order valence-electron chi connectivity index (χ3n) is 8.87. The van der Waals surface area contributed by atoms with Crippen molar-refractivity contribution in [1.29, 1.82) is 0 Å². The van der Waals surface area contributed by atoms with E-state index >= 15 is 0 Å². The second kappa shape index (κ2) is 9.56. The van der Waals surface area contributed by atoms with Gasteiger partial charge in [-0.1, -0.05) is 113 Å². The number of halogens is 1. The topological polar surface area (TPSA) is 40.1 Å². The maximum absolute atomic E-state index is 13.3. The van der Waals surface area contributed by atoms with Crippen molar-refractivity contribution in [3.63, 3.8) is 0 Å². The minimum Gasteiger partial charge on any atom is -0.549 e. The molecule has 2 fully saturated rings. The van der Waals surface area contributed by atoms with Gasteiger partial charge in [-0.05, 0) is 65.2 Å². The van der Waals surface area contributed by atoms with Crippen LogP contribution in [-0.4, -0.2) is 14.0 Å². The Kier molecular flexibility index (Phi) is 7.16. The Labute approximate surface area is 217 Å². The first-order chi connectivity index (χ1) is 16.4. The van der Waals surface area contributed by atoms with Crippen LogP contribution in [-0.2, 0) is 10.2 Å². The average molecular weight is 508 g/mol. The Morgan fingerprint density at radius 3 is 2.26 bits per heavy atom. The number of carbonyl (C=O) groups is 1. The van der Waals surface area contributed by atoms with Crippen LogP contribution in [0.3, 0.4) is 0 Å². The highest BCUT2D eigenvalue weighted by atomic mass is 35.5. The van der Waals surface area contributed by atoms with Crippen LogP contribution in [0.1, 0.15) is 57.1 Å². The van der Waals surface area contributed by atoms with Crippen molar-refractivity contribution in [3.05, 3.63) is 82.5 Å². The molecule has 2 saturated carbocycles. The average Bonchev–Trinajstić information content (AvgIpc) is 3.48. The van der Waals surface area contributed by atoms with Crippen molar-refractivity contribution in [2.75, 3.05) is 0 Å². The lowest BCUT2D eigenvalue weighted by Gasteiger charge is -2.49. The Balaban J connectivity index is 1.84. The molecule has 2 aromatic rings. The molecule has 0 amide bonds. The normalized spacial score (nSPS) is 31.5. The van der Waals surface area contributed by atoms with Crippen LogP contribution >= 0.6 is 11.6 Å². The van der Waals surface area contributed by atoms with E-state index in [0.717, 1.165) is 24.8 Å². The van der Waals surface area contributed by atoms with Crippen LogP contribution in [0, 0.1) is 29.1 Å². The Morgan fingerprint density at radius 2 is 1.69 bits per heavy atom. The summed E-state index contributed by atoms with van der Waals surface area (Å²) in [5.41, 5.74) is 3.66. The van der Waals surface area contributed by atoms with Crippen molar-refractivity contribution in [1.82, 2.24) is 0 Å². The smallest absolute Gasteiger partial charge is 0.0683 e. The molecule has 2 aromatic carbocycles. The van der Waals surface area contributed by atoms with E-state index in [1.807, 2.05) is 24.3 Å². The zero-order valence-electron chi connectivity index (χ0n) is 22.1. The molecule has 0 aliphatic heterocycles. The second-order valence-corrected chi connectivity index (χ2v) is 18.2. The van der Waals surface area contributed by atoms with Gasteiger partial charge >= 0.3 is 0 Å². The van der Waals surface area contributed by atoms with E-state index < -0.39 is 19.5 Å². The van der Waals surface area contributed by atoms with Crippen LogP contribution in [0.5, 0.6) is 0 Å². The van der Waals surface area contributed by atoms with Crippen molar-refractivity contribution < 1.29 is 9.90 Å². The standard InChI is InChI=1S/C31H41ClO2Si/c1-21-12-17-25(30(2,3)23-10-8-7-9-11-23)27(20-21)31(29(33)34)26(18-19-35(4,5)6)28(31)22-13-15-24(32)16-14-22/h7-11,13-16,18-19,21,25-28H,12,17,20H2,1-6H3,(H,33,34)/p-1/t21-,25+,26-,27-,28+,31+/m1/s1. The highest BCUT2D eigenvalue weighted by molar-refractivity contribution is 6.80. The number of rotatable bonds is 7. The molecule has 0 radical (unpaired) electrons. The number of allylic oxidation sites excluding steroid dienone is 1. The van der Waals surface area contributed by atoms with Gasteiger partial charge in [-0.15, -0.1) is 0 Å². The van der Waals surface area contributed by atoms with Gasteiger partial charge in [0.25, 0.3) is 0 Å². The number of hydrogen-bond acceptors (Lipinski definition) is 2. The van der Waals surface area contributed by atoms with Gasteiger partial charge in [0.2, 0.25) is 0 Å². The van der Waals surface area contributed by atoms with Gasteiger partial charge in [-0.2, -0.15) is 0 Å². The van der Waals surface area contributed by atoms with E-state index in [1.54, 1.807) is 0 Å². The van der Waals surface area contributed by atoms with E-state index in [2.05, 4.69) is 82.5 Å². The molecule has 2 aliphatic rings. The fourth-order valence-electron chi connectivity index (χ4n) is 7.00. The summed E-state index contributed by atoms with van der Waals surface area (Å²) in [6.07, 6.45) is 5.35. The molecule has 6 atom stereocenters. The summed E-state index contributed by atoms with van der Waals surface area (Å²) in [4.78, 5) is 13.3. The van der Waals surface area contributed by atoms with E-state index in [1.165, 1.54) is 5.56 Å². The van der Waals surface area contributed by atoms with Crippen LogP contribution in [0.15, 0.2) is 66.4 Å². The third-order valence-corrected chi connectivity index (χ3v) is 10.3. The van der Waals surface area contributed by atoms with Crippen LogP contribution in [0.25, 0.3) is 0 Å². The first kappa shape index (κ1) is 26.2.